The monoisotopic (exact) mass is 540 g/mol. The third-order valence-corrected chi connectivity index (χ3v) is 8.81. The van der Waals surface area contributed by atoms with Gasteiger partial charge >= 0.3 is 8.24 Å². The molecule has 0 saturated carbocycles. The van der Waals surface area contributed by atoms with E-state index in [1.165, 1.54) is 44.5 Å². The molecule has 40 heavy (non-hydrogen) atoms. The summed E-state index contributed by atoms with van der Waals surface area (Å²) in [7, 11) is -2.10. The molecule has 7 rings (SSSR count). The van der Waals surface area contributed by atoms with E-state index in [1.807, 2.05) is 12.1 Å². The molecular formula is C36H29O3P. The predicted molar refractivity (Wildman–Crippen MR) is 169 cm³/mol. The average molecular weight is 541 g/mol. The van der Waals surface area contributed by atoms with Gasteiger partial charge in [-0.15, -0.1) is 0 Å². The van der Waals surface area contributed by atoms with Gasteiger partial charge in [-0.2, -0.15) is 0 Å². The van der Waals surface area contributed by atoms with Crippen molar-refractivity contribution in [2.24, 2.45) is 0 Å². The summed E-state index contributed by atoms with van der Waals surface area (Å²) >= 11 is 0. The Balaban J connectivity index is 1.57. The van der Waals surface area contributed by atoms with Crippen molar-refractivity contribution in [3.63, 3.8) is 0 Å². The van der Waals surface area contributed by atoms with Crippen LogP contribution in [0.5, 0.6) is 0 Å². The highest BCUT2D eigenvalue weighted by Gasteiger charge is 2.15. The number of aryl methyl sites for hydroxylation is 4. The second-order valence-electron chi connectivity index (χ2n) is 10.7. The average Bonchev–Trinajstić information content (AvgIpc) is 3.08. The van der Waals surface area contributed by atoms with Gasteiger partial charge in [0.2, 0.25) is 0 Å². The number of hydrogen-bond donors (Lipinski definition) is 1. The molecule has 7 aromatic rings. The number of rotatable bonds is 2. The first-order valence-electron chi connectivity index (χ1n) is 13.5. The summed E-state index contributed by atoms with van der Waals surface area (Å²) in [5.74, 6) is 0. The Morgan fingerprint density at radius 2 is 0.900 bits per heavy atom. The SMILES string of the molecule is Cc1cccc(C)c1-c1ccc2c(ccc3op(O)oc4ccc5cc(-c6c(C)cccc6C)ccc5c4c32)c1. The summed E-state index contributed by atoms with van der Waals surface area (Å²) in [5, 5.41) is 6.25. The van der Waals surface area contributed by atoms with Crippen LogP contribution in [0.15, 0.2) is 105 Å². The maximum Gasteiger partial charge on any atom is 0.384 e. The maximum atomic E-state index is 10.7. The Hall–Kier alpha value is -4.30. The number of benzene rings is 6. The van der Waals surface area contributed by atoms with Gasteiger partial charge in [0.05, 0.1) is 0 Å². The molecule has 1 N–H and O–H groups in total. The maximum absolute atomic E-state index is 10.7. The molecule has 1 heterocycles. The van der Waals surface area contributed by atoms with E-state index in [2.05, 4.69) is 113 Å². The molecule has 0 saturated heterocycles. The molecule has 3 nitrogen and oxygen atoms in total. The molecule has 4 heteroatoms. The Morgan fingerprint density at radius 1 is 0.500 bits per heavy atom. The Bertz CT molecular complexity index is 1980. The summed E-state index contributed by atoms with van der Waals surface area (Å²) in [4.78, 5) is 10.7. The van der Waals surface area contributed by atoms with Crippen LogP contribution in [0.4, 0.5) is 0 Å². The van der Waals surface area contributed by atoms with Gasteiger partial charge in [-0.3, -0.25) is 4.89 Å². The Kier molecular flexibility index (Phi) is 5.82. The van der Waals surface area contributed by atoms with Crippen LogP contribution in [-0.4, -0.2) is 4.89 Å². The molecule has 196 valence electrons. The van der Waals surface area contributed by atoms with E-state index in [9.17, 15) is 4.89 Å². The van der Waals surface area contributed by atoms with E-state index in [1.54, 1.807) is 0 Å². The van der Waals surface area contributed by atoms with Crippen molar-refractivity contribution >= 4 is 51.7 Å². The molecule has 0 unspecified atom stereocenters. The fourth-order valence-electron chi connectivity index (χ4n) is 6.33. The molecule has 0 fully saturated rings. The Labute approximate surface area is 233 Å². The topological polar surface area (TPSA) is 46.5 Å². The van der Waals surface area contributed by atoms with Gasteiger partial charge in [-0.1, -0.05) is 72.8 Å². The second-order valence-corrected chi connectivity index (χ2v) is 11.5. The van der Waals surface area contributed by atoms with Crippen molar-refractivity contribution < 1.29 is 13.3 Å². The van der Waals surface area contributed by atoms with Gasteiger partial charge in [-0.05, 0) is 118 Å². The highest BCUT2D eigenvalue weighted by Crippen LogP contribution is 2.42. The first-order valence-corrected chi connectivity index (χ1v) is 14.6. The van der Waals surface area contributed by atoms with Crippen molar-refractivity contribution in [2.45, 2.75) is 27.7 Å². The van der Waals surface area contributed by atoms with Crippen LogP contribution in [0.1, 0.15) is 22.3 Å². The van der Waals surface area contributed by atoms with Crippen molar-refractivity contribution in [3.05, 3.63) is 119 Å². The summed E-state index contributed by atoms with van der Waals surface area (Å²) in [6, 6.07) is 34.2. The van der Waals surface area contributed by atoms with E-state index < -0.39 is 8.24 Å². The zero-order valence-electron chi connectivity index (χ0n) is 22.9. The van der Waals surface area contributed by atoms with Crippen LogP contribution in [0.3, 0.4) is 0 Å². The second kappa shape index (κ2) is 9.41. The molecule has 0 spiro atoms. The van der Waals surface area contributed by atoms with Crippen LogP contribution in [0, 0.1) is 27.7 Å². The molecule has 0 atom stereocenters. The largest absolute Gasteiger partial charge is 0.399 e. The summed E-state index contributed by atoms with van der Waals surface area (Å²) in [5.41, 5.74) is 11.2. The fraction of sp³-hybridized carbons (Fsp3) is 0.111. The molecule has 1 aromatic heterocycles. The van der Waals surface area contributed by atoms with Gasteiger partial charge in [-0.25, -0.2) is 0 Å². The molecule has 0 aliphatic carbocycles. The van der Waals surface area contributed by atoms with Crippen LogP contribution in [0.2, 0.25) is 0 Å². The van der Waals surface area contributed by atoms with Crippen molar-refractivity contribution in [2.75, 3.05) is 0 Å². The molecule has 0 bridgehead atoms. The van der Waals surface area contributed by atoms with E-state index >= 15 is 0 Å². The smallest absolute Gasteiger partial charge is 0.384 e. The quantitative estimate of drug-likeness (QED) is 0.237. The van der Waals surface area contributed by atoms with Crippen LogP contribution < -0.4 is 0 Å². The van der Waals surface area contributed by atoms with Crippen molar-refractivity contribution in [1.29, 1.82) is 0 Å². The molecule has 0 amide bonds. The lowest BCUT2D eigenvalue weighted by Crippen LogP contribution is -1.89. The van der Waals surface area contributed by atoms with Gasteiger partial charge in [0.25, 0.3) is 0 Å². The van der Waals surface area contributed by atoms with Crippen LogP contribution in [-0.2, 0) is 0 Å². The number of hydrogen-bond acceptors (Lipinski definition) is 3. The highest BCUT2D eigenvalue weighted by molar-refractivity contribution is 7.30. The lowest BCUT2D eigenvalue weighted by atomic mass is 9.91. The van der Waals surface area contributed by atoms with Crippen LogP contribution >= 0.6 is 8.24 Å². The first kappa shape index (κ1) is 24.7. The van der Waals surface area contributed by atoms with E-state index in [0.717, 1.165) is 32.3 Å². The Morgan fingerprint density at radius 3 is 1.30 bits per heavy atom. The third-order valence-electron chi connectivity index (χ3n) is 8.11. The van der Waals surface area contributed by atoms with E-state index in [4.69, 9.17) is 8.39 Å². The molecule has 0 aliphatic rings. The molecule has 0 radical (unpaired) electrons. The standard InChI is InChI=1S/C36H29O3P/c1-21-7-5-8-22(2)33(21)27-11-15-29-25(19-27)13-17-31-35(29)36-30-16-12-28(34-23(3)9-6-10-24(34)4)20-26(30)14-18-32(36)39-40(37)38-31/h5-20,37H,1-4H3. The van der Waals surface area contributed by atoms with Crippen molar-refractivity contribution in [1.82, 2.24) is 0 Å². The van der Waals surface area contributed by atoms with E-state index in [0.29, 0.717) is 11.2 Å². The minimum atomic E-state index is -2.10. The first-order chi connectivity index (χ1) is 19.4. The minimum Gasteiger partial charge on any atom is -0.399 e. The van der Waals surface area contributed by atoms with E-state index in [-0.39, 0.29) is 0 Å². The number of fused-ring (bicyclic) bond motifs is 7. The molecule has 0 aliphatic heterocycles. The van der Waals surface area contributed by atoms with Gasteiger partial charge in [0.1, 0.15) is 11.2 Å². The normalized spacial score (nSPS) is 11.6. The molecular weight excluding hydrogens is 511 g/mol. The summed E-state index contributed by atoms with van der Waals surface area (Å²) < 4.78 is 11.9. The third kappa shape index (κ3) is 3.93. The fourth-order valence-corrected chi connectivity index (χ4v) is 7.00. The summed E-state index contributed by atoms with van der Waals surface area (Å²) in [6.07, 6.45) is 0. The van der Waals surface area contributed by atoms with Gasteiger partial charge < -0.3 is 8.39 Å². The van der Waals surface area contributed by atoms with Crippen molar-refractivity contribution in [3.8, 4) is 22.3 Å². The lowest BCUT2D eigenvalue weighted by Gasteiger charge is -2.13. The minimum absolute atomic E-state index is 0.631. The zero-order valence-corrected chi connectivity index (χ0v) is 23.8. The lowest BCUT2D eigenvalue weighted by molar-refractivity contribution is 0.495. The predicted octanol–water partition coefficient (Wildman–Crippen LogP) is 10.9. The zero-order chi connectivity index (χ0) is 27.5. The summed E-state index contributed by atoms with van der Waals surface area (Å²) in [6.45, 7) is 8.64. The van der Waals surface area contributed by atoms with Gasteiger partial charge in [0, 0.05) is 10.8 Å². The molecule has 6 aromatic carbocycles. The highest BCUT2D eigenvalue weighted by atomic mass is 31.1. The van der Waals surface area contributed by atoms with Gasteiger partial charge in [0.15, 0.2) is 0 Å². The van der Waals surface area contributed by atoms with Crippen LogP contribution in [0.25, 0.3) is 65.7 Å².